The highest BCUT2D eigenvalue weighted by molar-refractivity contribution is 9.10. The molecule has 1 unspecified atom stereocenters. The van der Waals surface area contributed by atoms with Crippen molar-refractivity contribution in [2.45, 2.75) is 12.3 Å². The second-order valence-corrected chi connectivity index (χ2v) is 5.67. The Bertz CT molecular complexity index is 510. The molecule has 0 saturated carbocycles. The summed E-state index contributed by atoms with van der Waals surface area (Å²) in [5.41, 5.74) is 8.37. The van der Waals surface area contributed by atoms with E-state index in [0.29, 0.717) is 12.5 Å². The van der Waals surface area contributed by atoms with Crippen molar-refractivity contribution in [1.82, 2.24) is 0 Å². The smallest absolute Gasteiger partial charge is 0.0408 e. The predicted octanol–water partition coefficient (Wildman–Crippen LogP) is 4.39. The minimum atomic E-state index is 0.330. The molecule has 0 aliphatic heterocycles. The summed E-state index contributed by atoms with van der Waals surface area (Å²) in [6.45, 7) is 0.633. The summed E-state index contributed by atoms with van der Waals surface area (Å²) in [5.74, 6) is 0.330. The standard InChI is InChI=1S/C15H15BrClN/c16-14-6-4-12(5-7-14)13(10-18)8-11-2-1-3-15(17)9-11/h1-7,9,13H,8,10,18H2. The van der Waals surface area contributed by atoms with Gasteiger partial charge in [0.25, 0.3) is 0 Å². The third-order valence-corrected chi connectivity index (χ3v) is 3.76. The van der Waals surface area contributed by atoms with E-state index in [0.717, 1.165) is 15.9 Å². The SMILES string of the molecule is NCC(Cc1cccc(Cl)c1)c1ccc(Br)cc1. The molecule has 0 saturated heterocycles. The van der Waals surface area contributed by atoms with Crippen LogP contribution in [-0.4, -0.2) is 6.54 Å². The third kappa shape index (κ3) is 3.58. The maximum atomic E-state index is 6.00. The molecule has 2 aromatic rings. The van der Waals surface area contributed by atoms with Crippen molar-refractivity contribution in [1.29, 1.82) is 0 Å². The molecule has 94 valence electrons. The molecule has 18 heavy (non-hydrogen) atoms. The van der Waals surface area contributed by atoms with Gasteiger partial charge in [-0.2, -0.15) is 0 Å². The average molecular weight is 325 g/mol. The fourth-order valence-electron chi connectivity index (χ4n) is 2.02. The Morgan fingerprint density at radius 1 is 1.11 bits per heavy atom. The molecule has 0 radical (unpaired) electrons. The molecule has 0 bridgehead atoms. The lowest BCUT2D eigenvalue weighted by Gasteiger charge is -2.15. The maximum absolute atomic E-state index is 6.00. The van der Waals surface area contributed by atoms with Crippen molar-refractivity contribution >= 4 is 27.5 Å². The van der Waals surface area contributed by atoms with Crippen LogP contribution in [0.1, 0.15) is 17.0 Å². The molecular weight excluding hydrogens is 310 g/mol. The number of halogens is 2. The molecule has 0 heterocycles. The van der Waals surface area contributed by atoms with Gasteiger partial charge in [-0.3, -0.25) is 0 Å². The average Bonchev–Trinajstić information content (AvgIpc) is 2.37. The van der Waals surface area contributed by atoms with Gasteiger partial charge in [-0.05, 0) is 48.4 Å². The first-order valence-electron chi connectivity index (χ1n) is 5.89. The summed E-state index contributed by atoms with van der Waals surface area (Å²) in [4.78, 5) is 0. The van der Waals surface area contributed by atoms with Crippen molar-refractivity contribution in [2.75, 3.05) is 6.54 Å². The van der Waals surface area contributed by atoms with Gasteiger partial charge in [0.2, 0.25) is 0 Å². The molecule has 1 atom stereocenters. The van der Waals surface area contributed by atoms with E-state index in [1.807, 2.05) is 18.2 Å². The number of nitrogens with two attached hydrogens (primary N) is 1. The normalized spacial score (nSPS) is 12.4. The monoisotopic (exact) mass is 323 g/mol. The molecule has 0 aliphatic carbocycles. The minimum Gasteiger partial charge on any atom is -0.330 e. The molecule has 2 aromatic carbocycles. The fourth-order valence-corrected chi connectivity index (χ4v) is 2.50. The van der Waals surface area contributed by atoms with Crippen molar-refractivity contribution in [3.8, 4) is 0 Å². The van der Waals surface area contributed by atoms with Gasteiger partial charge in [-0.25, -0.2) is 0 Å². The quantitative estimate of drug-likeness (QED) is 0.887. The van der Waals surface area contributed by atoms with Crippen LogP contribution in [-0.2, 0) is 6.42 Å². The van der Waals surface area contributed by atoms with Gasteiger partial charge in [0.1, 0.15) is 0 Å². The van der Waals surface area contributed by atoms with Gasteiger partial charge in [-0.1, -0.05) is 51.8 Å². The lowest BCUT2D eigenvalue weighted by Crippen LogP contribution is -2.15. The zero-order valence-electron chi connectivity index (χ0n) is 9.94. The van der Waals surface area contributed by atoms with Crippen molar-refractivity contribution in [3.63, 3.8) is 0 Å². The van der Waals surface area contributed by atoms with Crippen LogP contribution in [0.4, 0.5) is 0 Å². The Morgan fingerprint density at radius 3 is 2.44 bits per heavy atom. The molecule has 3 heteroatoms. The van der Waals surface area contributed by atoms with E-state index in [9.17, 15) is 0 Å². The van der Waals surface area contributed by atoms with E-state index < -0.39 is 0 Å². The van der Waals surface area contributed by atoms with Crippen LogP contribution in [0.15, 0.2) is 53.0 Å². The summed E-state index contributed by atoms with van der Waals surface area (Å²) in [6.07, 6.45) is 0.915. The molecule has 0 aliphatic rings. The Hall–Kier alpha value is -0.830. The summed E-state index contributed by atoms with van der Waals surface area (Å²) in [5, 5.41) is 0.777. The number of rotatable bonds is 4. The largest absolute Gasteiger partial charge is 0.330 e. The van der Waals surface area contributed by atoms with Crippen molar-refractivity contribution in [3.05, 3.63) is 69.2 Å². The van der Waals surface area contributed by atoms with Gasteiger partial charge in [-0.15, -0.1) is 0 Å². The van der Waals surface area contributed by atoms with E-state index in [1.54, 1.807) is 0 Å². The van der Waals surface area contributed by atoms with E-state index in [4.69, 9.17) is 17.3 Å². The third-order valence-electron chi connectivity index (χ3n) is 3.00. The van der Waals surface area contributed by atoms with Gasteiger partial charge in [0, 0.05) is 15.4 Å². The highest BCUT2D eigenvalue weighted by Crippen LogP contribution is 2.23. The molecular formula is C15H15BrClN. The summed E-state index contributed by atoms with van der Waals surface area (Å²) in [6, 6.07) is 16.3. The first-order chi connectivity index (χ1) is 8.69. The highest BCUT2D eigenvalue weighted by atomic mass is 79.9. The van der Waals surface area contributed by atoms with E-state index >= 15 is 0 Å². The lowest BCUT2D eigenvalue weighted by molar-refractivity contribution is 0.694. The number of hydrogen-bond acceptors (Lipinski definition) is 1. The first kappa shape index (κ1) is 13.6. The molecule has 2 N–H and O–H groups in total. The van der Waals surface area contributed by atoms with Crippen molar-refractivity contribution in [2.24, 2.45) is 5.73 Å². The molecule has 0 spiro atoms. The van der Waals surface area contributed by atoms with Gasteiger partial charge in [0.05, 0.1) is 0 Å². The zero-order valence-corrected chi connectivity index (χ0v) is 12.3. The molecule has 0 amide bonds. The summed E-state index contributed by atoms with van der Waals surface area (Å²) in [7, 11) is 0. The second kappa shape index (κ2) is 6.37. The Kier molecular flexibility index (Phi) is 4.81. The van der Waals surface area contributed by atoms with Gasteiger partial charge in [0.15, 0.2) is 0 Å². The topological polar surface area (TPSA) is 26.0 Å². The maximum Gasteiger partial charge on any atom is 0.0408 e. The summed E-state index contributed by atoms with van der Waals surface area (Å²) < 4.78 is 1.09. The van der Waals surface area contributed by atoms with Gasteiger partial charge >= 0.3 is 0 Å². The van der Waals surface area contributed by atoms with E-state index in [-0.39, 0.29) is 0 Å². The molecule has 1 nitrogen and oxygen atoms in total. The predicted molar refractivity (Wildman–Crippen MR) is 81.1 cm³/mol. The lowest BCUT2D eigenvalue weighted by atomic mass is 9.92. The second-order valence-electron chi connectivity index (χ2n) is 4.32. The molecule has 2 rings (SSSR count). The molecule has 0 aromatic heterocycles. The number of benzene rings is 2. The van der Waals surface area contributed by atoms with E-state index in [2.05, 4.69) is 46.3 Å². The zero-order chi connectivity index (χ0) is 13.0. The Balaban J connectivity index is 2.17. The van der Waals surface area contributed by atoms with Crippen LogP contribution in [0, 0.1) is 0 Å². The van der Waals surface area contributed by atoms with Crippen LogP contribution >= 0.6 is 27.5 Å². The van der Waals surface area contributed by atoms with Crippen molar-refractivity contribution < 1.29 is 0 Å². The Morgan fingerprint density at radius 2 is 1.83 bits per heavy atom. The highest BCUT2D eigenvalue weighted by Gasteiger charge is 2.10. The van der Waals surface area contributed by atoms with Gasteiger partial charge < -0.3 is 5.73 Å². The first-order valence-corrected chi connectivity index (χ1v) is 7.06. The minimum absolute atomic E-state index is 0.330. The van der Waals surface area contributed by atoms with Crippen LogP contribution in [0.2, 0.25) is 5.02 Å². The van der Waals surface area contributed by atoms with E-state index in [1.165, 1.54) is 11.1 Å². The van der Waals surface area contributed by atoms with Crippen LogP contribution in [0.3, 0.4) is 0 Å². The van der Waals surface area contributed by atoms with Crippen LogP contribution < -0.4 is 5.73 Å². The summed E-state index contributed by atoms with van der Waals surface area (Å²) >= 11 is 9.44. The molecule has 0 fully saturated rings. The van der Waals surface area contributed by atoms with Crippen LogP contribution in [0.5, 0.6) is 0 Å². The Labute approximate surface area is 121 Å². The number of hydrogen-bond donors (Lipinski definition) is 1. The fraction of sp³-hybridized carbons (Fsp3) is 0.200. The van der Waals surface area contributed by atoms with Crippen LogP contribution in [0.25, 0.3) is 0 Å².